The van der Waals surface area contributed by atoms with E-state index in [2.05, 4.69) is 10.6 Å². The van der Waals surface area contributed by atoms with Crippen LogP contribution in [0.5, 0.6) is 0 Å². The molecule has 0 aromatic rings. The molecule has 0 aromatic carbocycles. The van der Waals surface area contributed by atoms with Crippen LogP contribution in [0.25, 0.3) is 0 Å². The standard InChI is InChI=1S/C17H31N3O3/c1-3-17(2,23)12-18-16(22)19-14-8-7-13(11-14)15(21)20-9-5-4-6-10-20/h13-14,23H,3-12H2,1-2H3,(H2,18,19,22)/t13-,14+,17+/m1/s1. The maximum Gasteiger partial charge on any atom is 0.315 e. The van der Waals surface area contributed by atoms with Crippen molar-refractivity contribution in [2.24, 2.45) is 5.92 Å². The lowest BCUT2D eigenvalue weighted by Gasteiger charge is -2.29. The second-order valence-electron chi connectivity index (χ2n) is 7.27. The zero-order valence-corrected chi connectivity index (χ0v) is 14.4. The molecule has 1 aliphatic carbocycles. The number of carbonyl (C=O) groups is 2. The monoisotopic (exact) mass is 325 g/mol. The van der Waals surface area contributed by atoms with Gasteiger partial charge in [0.1, 0.15) is 0 Å². The number of hydrogen-bond acceptors (Lipinski definition) is 3. The van der Waals surface area contributed by atoms with Crippen LogP contribution < -0.4 is 10.6 Å². The Morgan fingerprint density at radius 1 is 1.22 bits per heavy atom. The van der Waals surface area contributed by atoms with Gasteiger partial charge >= 0.3 is 6.03 Å². The minimum atomic E-state index is -0.875. The SMILES string of the molecule is CC[C@](C)(O)CNC(=O)N[C@H]1CC[C@@H](C(=O)N2CCCCC2)C1. The molecule has 1 heterocycles. The highest BCUT2D eigenvalue weighted by Crippen LogP contribution is 2.28. The molecule has 2 aliphatic rings. The highest BCUT2D eigenvalue weighted by Gasteiger charge is 2.33. The summed E-state index contributed by atoms with van der Waals surface area (Å²) in [6, 6.07) is -0.199. The van der Waals surface area contributed by atoms with Crippen molar-refractivity contribution < 1.29 is 14.7 Å². The van der Waals surface area contributed by atoms with E-state index in [-0.39, 0.29) is 30.4 Å². The average Bonchev–Trinajstić information content (AvgIpc) is 3.01. The van der Waals surface area contributed by atoms with E-state index in [1.165, 1.54) is 6.42 Å². The molecule has 2 fully saturated rings. The topological polar surface area (TPSA) is 81.7 Å². The Kier molecular flexibility index (Phi) is 6.27. The van der Waals surface area contributed by atoms with E-state index in [1.54, 1.807) is 6.92 Å². The van der Waals surface area contributed by atoms with E-state index in [9.17, 15) is 14.7 Å². The number of nitrogens with one attached hydrogen (secondary N) is 2. The summed E-state index contributed by atoms with van der Waals surface area (Å²) in [5.41, 5.74) is -0.875. The van der Waals surface area contributed by atoms with Crippen LogP contribution in [0.2, 0.25) is 0 Å². The fourth-order valence-electron chi connectivity index (χ4n) is 3.34. The number of rotatable bonds is 5. The first-order valence-corrected chi connectivity index (χ1v) is 8.97. The minimum Gasteiger partial charge on any atom is -0.388 e. The smallest absolute Gasteiger partial charge is 0.315 e. The molecule has 0 radical (unpaired) electrons. The summed E-state index contributed by atoms with van der Waals surface area (Å²) in [6.07, 6.45) is 6.46. The van der Waals surface area contributed by atoms with Gasteiger partial charge in [-0.15, -0.1) is 0 Å². The Morgan fingerprint density at radius 3 is 2.57 bits per heavy atom. The molecule has 0 spiro atoms. The second kappa shape index (κ2) is 7.99. The largest absolute Gasteiger partial charge is 0.388 e. The molecule has 1 saturated carbocycles. The van der Waals surface area contributed by atoms with Crippen LogP contribution in [0.1, 0.15) is 58.8 Å². The predicted octanol–water partition coefficient (Wildman–Crippen LogP) is 1.63. The second-order valence-corrected chi connectivity index (χ2v) is 7.27. The highest BCUT2D eigenvalue weighted by molar-refractivity contribution is 5.80. The Hall–Kier alpha value is -1.30. The van der Waals surface area contributed by atoms with Gasteiger partial charge in [-0.1, -0.05) is 6.92 Å². The Balaban J connectivity index is 1.72. The number of amides is 3. The Labute approximate surface area is 139 Å². The maximum absolute atomic E-state index is 12.5. The Morgan fingerprint density at radius 2 is 1.91 bits per heavy atom. The summed E-state index contributed by atoms with van der Waals surface area (Å²) < 4.78 is 0. The molecule has 6 heteroatoms. The minimum absolute atomic E-state index is 0.0529. The number of aliphatic hydroxyl groups is 1. The molecular weight excluding hydrogens is 294 g/mol. The van der Waals surface area contributed by atoms with Crippen molar-refractivity contribution in [3.63, 3.8) is 0 Å². The lowest BCUT2D eigenvalue weighted by Crippen LogP contribution is -2.47. The molecule has 0 unspecified atom stereocenters. The van der Waals surface area contributed by atoms with Crippen molar-refractivity contribution in [1.82, 2.24) is 15.5 Å². The van der Waals surface area contributed by atoms with Gasteiger partial charge in [0.05, 0.1) is 5.60 Å². The van der Waals surface area contributed by atoms with E-state index in [0.717, 1.165) is 45.2 Å². The van der Waals surface area contributed by atoms with E-state index < -0.39 is 5.60 Å². The van der Waals surface area contributed by atoms with Crippen molar-refractivity contribution in [1.29, 1.82) is 0 Å². The third-order valence-electron chi connectivity index (χ3n) is 5.18. The molecule has 3 N–H and O–H groups in total. The van der Waals surface area contributed by atoms with E-state index in [4.69, 9.17) is 0 Å². The van der Waals surface area contributed by atoms with Gasteiger partial charge < -0.3 is 20.6 Å². The van der Waals surface area contributed by atoms with Crippen LogP contribution in [0.15, 0.2) is 0 Å². The molecule has 2 rings (SSSR count). The highest BCUT2D eigenvalue weighted by atomic mass is 16.3. The molecule has 0 aromatic heterocycles. The fraction of sp³-hybridized carbons (Fsp3) is 0.882. The number of nitrogens with zero attached hydrogens (tertiary/aromatic N) is 1. The number of urea groups is 1. The average molecular weight is 325 g/mol. The molecule has 3 atom stereocenters. The third-order valence-corrected chi connectivity index (χ3v) is 5.18. The first-order valence-electron chi connectivity index (χ1n) is 8.97. The number of likely N-dealkylation sites (tertiary alicyclic amines) is 1. The van der Waals surface area contributed by atoms with Crippen molar-refractivity contribution in [2.75, 3.05) is 19.6 Å². The van der Waals surface area contributed by atoms with Crippen molar-refractivity contribution in [3.05, 3.63) is 0 Å². The zero-order chi connectivity index (χ0) is 16.9. The lowest BCUT2D eigenvalue weighted by molar-refractivity contribution is -0.136. The molecule has 1 aliphatic heterocycles. The molecular formula is C17H31N3O3. The summed E-state index contributed by atoms with van der Waals surface area (Å²) in [5.74, 6) is 0.320. The van der Waals surface area contributed by atoms with Crippen LogP contribution in [-0.4, -0.2) is 53.2 Å². The van der Waals surface area contributed by atoms with Gasteiger partial charge in [0.25, 0.3) is 0 Å². The van der Waals surface area contributed by atoms with E-state index in [0.29, 0.717) is 6.42 Å². The number of hydrogen-bond donors (Lipinski definition) is 3. The first-order chi connectivity index (χ1) is 10.9. The fourth-order valence-corrected chi connectivity index (χ4v) is 3.34. The molecule has 1 saturated heterocycles. The van der Waals surface area contributed by atoms with Crippen molar-refractivity contribution >= 4 is 11.9 Å². The predicted molar refractivity (Wildman–Crippen MR) is 89.0 cm³/mol. The van der Waals surface area contributed by atoms with Crippen LogP contribution >= 0.6 is 0 Å². The molecule has 3 amide bonds. The van der Waals surface area contributed by atoms with E-state index in [1.807, 2.05) is 11.8 Å². The Bertz CT molecular complexity index is 419. The van der Waals surface area contributed by atoms with Crippen LogP contribution in [0.4, 0.5) is 4.79 Å². The van der Waals surface area contributed by atoms with Gasteiger partial charge in [0.15, 0.2) is 0 Å². The van der Waals surface area contributed by atoms with Gasteiger partial charge in [0, 0.05) is 31.6 Å². The summed E-state index contributed by atoms with van der Waals surface area (Å²) in [5, 5.41) is 15.5. The molecule has 132 valence electrons. The maximum atomic E-state index is 12.5. The molecule has 0 bridgehead atoms. The van der Waals surface area contributed by atoms with Gasteiger partial charge in [-0.25, -0.2) is 4.79 Å². The summed E-state index contributed by atoms with van der Waals surface area (Å²) in [6.45, 7) is 5.60. The normalized spacial score (nSPS) is 27.3. The van der Waals surface area contributed by atoms with Crippen LogP contribution in [-0.2, 0) is 4.79 Å². The molecule has 23 heavy (non-hydrogen) atoms. The molecule has 6 nitrogen and oxygen atoms in total. The number of piperidine rings is 1. The summed E-state index contributed by atoms with van der Waals surface area (Å²) in [4.78, 5) is 26.4. The van der Waals surface area contributed by atoms with Crippen molar-refractivity contribution in [3.8, 4) is 0 Å². The van der Waals surface area contributed by atoms with Gasteiger partial charge in [0.2, 0.25) is 5.91 Å². The number of carbonyl (C=O) groups excluding carboxylic acids is 2. The van der Waals surface area contributed by atoms with Gasteiger partial charge in [-0.3, -0.25) is 4.79 Å². The summed E-state index contributed by atoms with van der Waals surface area (Å²) >= 11 is 0. The van der Waals surface area contributed by atoms with Crippen molar-refractivity contribution in [2.45, 2.75) is 70.4 Å². The summed E-state index contributed by atoms with van der Waals surface area (Å²) in [7, 11) is 0. The zero-order valence-electron chi connectivity index (χ0n) is 14.4. The quantitative estimate of drug-likeness (QED) is 0.718. The lowest BCUT2D eigenvalue weighted by atomic mass is 10.0. The van der Waals surface area contributed by atoms with Crippen LogP contribution in [0, 0.1) is 5.92 Å². The third kappa shape index (κ3) is 5.37. The van der Waals surface area contributed by atoms with Gasteiger partial charge in [-0.2, -0.15) is 0 Å². The van der Waals surface area contributed by atoms with Gasteiger partial charge in [-0.05, 0) is 51.9 Å². The first kappa shape index (κ1) is 18.0. The van der Waals surface area contributed by atoms with E-state index >= 15 is 0 Å². The van der Waals surface area contributed by atoms with Crippen LogP contribution in [0.3, 0.4) is 0 Å².